The molecule has 4 rings (SSSR count). The Balaban J connectivity index is 1.85. The summed E-state index contributed by atoms with van der Waals surface area (Å²) < 4.78 is 12.8. The van der Waals surface area contributed by atoms with Gasteiger partial charge < -0.3 is 14.6 Å². The van der Waals surface area contributed by atoms with E-state index in [9.17, 15) is 14.7 Å². The standard InChI is InChI=1S/C21H20N2O5/c1-3-27-17-9-13-8-12(2)28-18(13)10-14(17)11-23-20(24)16-7-5-4-6-15(16)19(22-23)21(25)26/h4-7,9-10,12H,3,8,11H2,1-2H3,(H,25,26). The van der Waals surface area contributed by atoms with Gasteiger partial charge in [0.2, 0.25) is 0 Å². The van der Waals surface area contributed by atoms with Gasteiger partial charge in [-0.3, -0.25) is 4.79 Å². The number of fused-ring (bicyclic) bond motifs is 2. The molecule has 2 aromatic carbocycles. The summed E-state index contributed by atoms with van der Waals surface area (Å²) in [7, 11) is 0. The first kappa shape index (κ1) is 18.0. The molecule has 28 heavy (non-hydrogen) atoms. The number of rotatable bonds is 5. The number of ether oxygens (including phenoxy) is 2. The predicted molar refractivity (Wildman–Crippen MR) is 103 cm³/mol. The zero-order valence-corrected chi connectivity index (χ0v) is 15.6. The van der Waals surface area contributed by atoms with Crippen LogP contribution < -0.4 is 15.0 Å². The first-order valence-electron chi connectivity index (χ1n) is 9.16. The quantitative estimate of drug-likeness (QED) is 0.732. The third-order valence-corrected chi connectivity index (χ3v) is 4.77. The van der Waals surface area contributed by atoms with Gasteiger partial charge in [-0.1, -0.05) is 18.2 Å². The third kappa shape index (κ3) is 3.09. The summed E-state index contributed by atoms with van der Waals surface area (Å²) in [5, 5.41) is 14.3. The van der Waals surface area contributed by atoms with Gasteiger partial charge in [-0.2, -0.15) is 5.10 Å². The molecule has 0 saturated heterocycles. The number of aromatic nitrogens is 2. The average Bonchev–Trinajstić information content (AvgIpc) is 3.03. The van der Waals surface area contributed by atoms with Crippen molar-refractivity contribution in [1.29, 1.82) is 0 Å². The number of carbonyl (C=O) groups is 1. The molecular weight excluding hydrogens is 360 g/mol. The highest BCUT2D eigenvalue weighted by atomic mass is 16.5. The summed E-state index contributed by atoms with van der Waals surface area (Å²) in [5.41, 5.74) is 1.28. The van der Waals surface area contributed by atoms with E-state index < -0.39 is 5.97 Å². The van der Waals surface area contributed by atoms with E-state index in [2.05, 4.69) is 5.10 Å². The third-order valence-electron chi connectivity index (χ3n) is 4.77. The minimum absolute atomic E-state index is 0.0832. The Hall–Kier alpha value is -3.35. The van der Waals surface area contributed by atoms with Crippen LogP contribution in [0.5, 0.6) is 11.5 Å². The van der Waals surface area contributed by atoms with Gasteiger partial charge in [0.25, 0.3) is 5.56 Å². The molecule has 0 bridgehead atoms. The van der Waals surface area contributed by atoms with Crippen LogP contribution in [0.25, 0.3) is 10.8 Å². The zero-order valence-electron chi connectivity index (χ0n) is 15.6. The van der Waals surface area contributed by atoms with E-state index in [0.717, 1.165) is 23.3 Å². The molecule has 0 spiro atoms. The van der Waals surface area contributed by atoms with Crippen LogP contribution in [0.4, 0.5) is 0 Å². The lowest BCUT2D eigenvalue weighted by Crippen LogP contribution is -2.26. The molecule has 7 heteroatoms. The molecule has 1 N–H and O–H groups in total. The lowest BCUT2D eigenvalue weighted by molar-refractivity contribution is 0.0690. The summed E-state index contributed by atoms with van der Waals surface area (Å²) >= 11 is 0. The highest BCUT2D eigenvalue weighted by molar-refractivity contribution is 6.01. The van der Waals surface area contributed by atoms with Crippen LogP contribution in [0.2, 0.25) is 0 Å². The molecule has 3 aromatic rings. The zero-order chi connectivity index (χ0) is 19.8. The SMILES string of the molecule is CCOc1cc2c(cc1Cn1nc(C(=O)O)c3ccccc3c1=O)OC(C)C2. The lowest BCUT2D eigenvalue weighted by Gasteiger charge is -2.14. The Morgan fingerprint density at radius 2 is 2.07 bits per heavy atom. The van der Waals surface area contributed by atoms with E-state index in [1.807, 2.05) is 26.0 Å². The van der Waals surface area contributed by atoms with Crippen molar-refractivity contribution in [2.45, 2.75) is 32.9 Å². The van der Waals surface area contributed by atoms with Gasteiger partial charge in [0.15, 0.2) is 5.69 Å². The monoisotopic (exact) mass is 380 g/mol. The van der Waals surface area contributed by atoms with Gasteiger partial charge in [-0.25, -0.2) is 9.48 Å². The van der Waals surface area contributed by atoms with Crippen molar-refractivity contribution in [1.82, 2.24) is 9.78 Å². The normalized spacial score (nSPS) is 15.3. The molecule has 144 valence electrons. The van der Waals surface area contributed by atoms with Gasteiger partial charge in [-0.05, 0) is 32.0 Å². The minimum Gasteiger partial charge on any atom is -0.494 e. The predicted octanol–water partition coefficient (Wildman–Crippen LogP) is 2.87. The number of hydrogen-bond donors (Lipinski definition) is 1. The van der Waals surface area contributed by atoms with Gasteiger partial charge in [0.05, 0.1) is 18.5 Å². The van der Waals surface area contributed by atoms with Crippen molar-refractivity contribution >= 4 is 16.7 Å². The van der Waals surface area contributed by atoms with Crippen molar-refractivity contribution in [2.75, 3.05) is 6.61 Å². The Labute approximate surface area is 161 Å². The highest BCUT2D eigenvalue weighted by Crippen LogP contribution is 2.35. The van der Waals surface area contributed by atoms with Crippen LogP contribution in [-0.2, 0) is 13.0 Å². The second kappa shape index (κ2) is 6.99. The van der Waals surface area contributed by atoms with Crippen molar-refractivity contribution in [3.05, 3.63) is 63.6 Å². The topological polar surface area (TPSA) is 90.7 Å². The molecular formula is C21H20N2O5. The van der Waals surface area contributed by atoms with E-state index >= 15 is 0 Å². The molecule has 1 aliphatic rings. The fourth-order valence-electron chi connectivity index (χ4n) is 3.56. The highest BCUT2D eigenvalue weighted by Gasteiger charge is 2.23. The maximum absolute atomic E-state index is 12.9. The number of benzene rings is 2. The molecule has 0 amide bonds. The molecule has 0 saturated carbocycles. The van der Waals surface area contributed by atoms with E-state index in [1.54, 1.807) is 24.3 Å². The number of aromatic carboxylic acids is 1. The maximum atomic E-state index is 12.9. The average molecular weight is 380 g/mol. The number of carboxylic acid groups (broad SMARTS) is 1. The summed E-state index contributed by atoms with van der Waals surface area (Å²) in [6, 6.07) is 10.4. The molecule has 1 aromatic heterocycles. The van der Waals surface area contributed by atoms with Crippen molar-refractivity contribution in [3.8, 4) is 11.5 Å². The second-order valence-electron chi connectivity index (χ2n) is 6.80. The van der Waals surface area contributed by atoms with Crippen LogP contribution >= 0.6 is 0 Å². The van der Waals surface area contributed by atoms with Gasteiger partial charge in [0.1, 0.15) is 17.6 Å². The molecule has 7 nitrogen and oxygen atoms in total. The first-order valence-corrected chi connectivity index (χ1v) is 9.16. The molecule has 2 heterocycles. The largest absolute Gasteiger partial charge is 0.494 e. The molecule has 0 fully saturated rings. The van der Waals surface area contributed by atoms with E-state index in [-0.39, 0.29) is 23.9 Å². The van der Waals surface area contributed by atoms with Crippen molar-refractivity contribution in [2.24, 2.45) is 0 Å². The van der Waals surface area contributed by atoms with Gasteiger partial charge in [-0.15, -0.1) is 0 Å². The molecule has 1 aliphatic heterocycles. The maximum Gasteiger partial charge on any atom is 0.357 e. The molecule has 0 aliphatic carbocycles. The molecule has 0 radical (unpaired) electrons. The lowest BCUT2D eigenvalue weighted by atomic mass is 10.1. The van der Waals surface area contributed by atoms with Crippen LogP contribution in [-0.4, -0.2) is 33.6 Å². The fourth-order valence-corrected chi connectivity index (χ4v) is 3.56. The van der Waals surface area contributed by atoms with Crippen LogP contribution in [0.1, 0.15) is 35.5 Å². The first-order chi connectivity index (χ1) is 13.5. The Morgan fingerprint density at radius 1 is 1.32 bits per heavy atom. The Morgan fingerprint density at radius 3 is 2.79 bits per heavy atom. The van der Waals surface area contributed by atoms with Crippen molar-refractivity contribution < 1.29 is 19.4 Å². The summed E-state index contributed by atoms with van der Waals surface area (Å²) in [6.45, 7) is 4.45. The number of carboxylic acids is 1. The van der Waals surface area contributed by atoms with Crippen LogP contribution in [0, 0.1) is 0 Å². The smallest absolute Gasteiger partial charge is 0.357 e. The fraction of sp³-hybridized carbons (Fsp3) is 0.286. The van der Waals surface area contributed by atoms with Gasteiger partial charge >= 0.3 is 5.97 Å². The van der Waals surface area contributed by atoms with Crippen LogP contribution in [0.15, 0.2) is 41.2 Å². The van der Waals surface area contributed by atoms with E-state index in [1.165, 1.54) is 4.68 Å². The number of hydrogen-bond acceptors (Lipinski definition) is 5. The second-order valence-corrected chi connectivity index (χ2v) is 6.80. The molecule has 1 unspecified atom stereocenters. The summed E-state index contributed by atoms with van der Waals surface area (Å²) in [5.74, 6) is 0.233. The summed E-state index contributed by atoms with van der Waals surface area (Å²) in [4.78, 5) is 24.6. The van der Waals surface area contributed by atoms with E-state index in [4.69, 9.17) is 9.47 Å². The Kier molecular flexibility index (Phi) is 4.50. The van der Waals surface area contributed by atoms with E-state index in [0.29, 0.717) is 23.1 Å². The minimum atomic E-state index is -1.18. The molecule has 1 atom stereocenters. The summed E-state index contributed by atoms with van der Waals surface area (Å²) in [6.07, 6.45) is 0.882. The van der Waals surface area contributed by atoms with Crippen molar-refractivity contribution in [3.63, 3.8) is 0 Å². The Bertz CT molecular complexity index is 1140. The van der Waals surface area contributed by atoms with Gasteiger partial charge in [0, 0.05) is 22.9 Å². The van der Waals surface area contributed by atoms with Crippen LogP contribution in [0.3, 0.4) is 0 Å². The number of nitrogens with zero attached hydrogens (tertiary/aromatic N) is 2.